The van der Waals surface area contributed by atoms with Gasteiger partial charge in [0, 0.05) is 0 Å². The summed E-state index contributed by atoms with van der Waals surface area (Å²) < 4.78 is 5.14. The molecule has 2 atom stereocenters. The lowest BCUT2D eigenvalue weighted by atomic mass is 10.00. The molecule has 2 rings (SSSR count). The molecule has 1 aromatic rings. The van der Waals surface area contributed by atoms with Gasteiger partial charge in [0.2, 0.25) is 5.89 Å². The number of hydrogen-bond acceptors (Lipinski definition) is 4. The van der Waals surface area contributed by atoms with E-state index in [0.29, 0.717) is 11.8 Å². The van der Waals surface area contributed by atoms with Crippen LogP contribution < -0.4 is 11.1 Å². The summed E-state index contributed by atoms with van der Waals surface area (Å²) in [6.45, 7) is 2.03. The molecule has 0 amide bonds. The van der Waals surface area contributed by atoms with E-state index in [4.69, 9.17) is 10.2 Å². The van der Waals surface area contributed by atoms with Crippen LogP contribution in [0.3, 0.4) is 0 Å². The summed E-state index contributed by atoms with van der Waals surface area (Å²) >= 11 is 0. The van der Waals surface area contributed by atoms with Crippen LogP contribution >= 0.6 is 0 Å². The van der Waals surface area contributed by atoms with Gasteiger partial charge in [-0.2, -0.15) is 0 Å². The van der Waals surface area contributed by atoms with Gasteiger partial charge in [-0.3, -0.25) is 0 Å². The molecule has 1 aromatic heterocycles. The van der Waals surface area contributed by atoms with Gasteiger partial charge in [-0.05, 0) is 25.4 Å². The van der Waals surface area contributed by atoms with Crippen LogP contribution in [0.25, 0.3) is 0 Å². The van der Waals surface area contributed by atoms with Crippen LogP contribution in [0.2, 0.25) is 0 Å². The summed E-state index contributed by atoms with van der Waals surface area (Å²) in [5.74, 6) is 1.13. The lowest BCUT2D eigenvalue weighted by molar-refractivity contribution is 0.370. The van der Waals surface area contributed by atoms with Gasteiger partial charge in [0.15, 0.2) is 0 Å². The first-order chi connectivity index (χ1) is 5.88. The van der Waals surface area contributed by atoms with E-state index in [2.05, 4.69) is 10.3 Å². The summed E-state index contributed by atoms with van der Waals surface area (Å²) in [4.78, 5) is 4.04. The van der Waals surface area contributed by atoms with Crippen molar-refractivity contribution < 1.29 is 4.42 Å². The molecular weight excluding hydrogens is 154 g/mol. The Morgan fingerprint density at radius 2 is 2.67 bits per heavy atom. The molecule has 1 aliphatic heterocycles. The van der Waals surface area contributed by atoms with Crippen LogP contribution in [0.1, 0.15) is 18.4 Å². The number of nitrogens with one attached hydrogen (secondary N) is 1. The number of aromatic nitrogens is 1. The van der Waals surface area contributed by atoms with Crippen LogP contribution in [0, 0.1) is 5.92 Å². The quantitative estimate of drug-likeness (QED) is 0.664. The molecule has 0 bridgehead atoms. The van der Waals surface area contributed by atoms with E-state index in [0.717, 1.165) is 19.5 Å². The van der Waals surface area contributed by atoms with E-state index in [-0.39, 0.29) is 6.04 Å². The van der Waals surface area contributed by atoms with E-state index in [9.17, 15) is 0 Å². The Hall–Kier alpha value is -0.870. The first-order valence-corrected chi connectivity index (χ1v) is 4.23. The Labute approximate surface area is 71.2 Å². The zero-order valence-corrected chi connectivity index (χ0v) is 6.86. The number of oxazole rings is 1. The van der Waals surface area contributed by atoms with E-state index >= 15 is 0 Å². The van der Waals surface area contributed by atoms with Crippen molar-refractivity contribution in [1.82, 2.24) is 10.3 Å². The Balaban J connectivity index is 2.04. The third kappa shape index (κ3) is 1.35. The maximum Gasteiger partial charge on any atom is 0.211 e. The molecule has 3 N–H and O–H groups in total. The van der Waals surface area contributed by atoms with Gasteiger partial charge in [-0.25, -0.2) is 4.98 Å². The molecule has 66 valence electrons. The molecule has 4 nitrogen and oxygen atoms in total. The Bertz CT molecular complexity index is 228. The van der Waals surface area contributed by atoms with Crippen molar-refractivity contribution in [3.05, 3.63) is 18.4 Å². The first kappa shape index (κ1) is 7.76. The minimum Gasteiger partial charge on any atom is -0.447 e. The molecule has 0 aliphatic carbocycles. The van der Waals surface area contributed by atoms with Crippen molar-refractivity contribution in [1.29, 1.82) is 0 Å². The highest BCUT2D eigenvalue weighted by Crippen LogP contribution is 2.22. The smallest absolute Gasteiger partial charge is 0.211 e. The van der Waals surface area contributed by atoms with Gasteiger partial charge in [0.1, 0.15) is 6.26 Å². The molecule has 1 saturated heterocycles. The average Bonchev–Trinajstić information content (AvgIpc) is 2.77. The van der Waals surface area contributed by atoms with Gasteiger partial charge < -0.3 is 15.5 Å². The van der Waals surface area contributed by atoms with Crippen LogP contribution in [0.15, 0.2) is 16.9 Å². The highest BCUT2D eigenvalue weighted by molar-refractivity contribution is 4.94. The van der Waals surface area contributed by atoms with Crippen molar-refractivity contribution in [3.63, 3.8) is 0 Å². The number of hydrogen-bond donors (Lipinski definition) is 2. The molecule has 0 aromatic carbocycles. The molecule has 1 aliphatic rings. The molecule has 2 heterocycles. The minimum atomic E-state index is -0.0463. The zero-order valence-electron chi connectivity index (χ0n) is 6.86. The maximum atomic E-state index is 5.95. The van der Waals surface area contributed by atoms with E-state index < -0.39 is 0 Å². The second kappa shape index (κ2) is 3.25. The molecule has 2 unspecified atom stereocenters. The number of nitrogens with zero attached hydrogens (tertiary/aromatic N) is 1. The van der Waals surface area contributed by atoms with Crippen molar-refractivity contribution in [2.45, 2.75) is 12.5 Å². The molecule has 0 radical (unpaired) electrons. The van der Waals surface area contributed by atoms with Crippen molar-refractivity contribution >= 4 is 0 Å². The molecule has 0 spiro atoms. The lowest BCUT2D eigenvalue weighted by Crippen LogP contribution is -2.23. The van der Waals surface area contributed by atoms with E-state index in [1.807, 2.05) is 0 Å². The second-order valence-corrected chi connectivity index (χ2v) is 3.15. The highest BCUT2D eigenvalue weighted by Gasteiger charge is 2.25. The summed E-state index contributed by atoms with van der Waals surface area (Å²) in [5, 5.41) is 3.27. The Morgan fingerprint density at radius 3 is 3.25 bits per heavy atom. The fraction of sp³-hybridized carbons (Fsp3) is 0.625. The van der Waals surface area contributed by atoms with Crippen LogP contribution in [0.4, 0.5) is 0 Å². The van der Waals surface area contributed by atoms with Gasteiger partial charge in [-0.15, -0.1) is 0 Å². The third-order valence-electron chi connectivity index (χ3n) is 2.34. The summed E-state index contributed by atoms with van der Waals surface area (Å²) in [7, 11) is 0. The summed E-state index contributed by atoms with van der Waals surface area (Å²) in [6, 6.07) is -0.0463. The number of rotatable bonds is 2. The standard InChI is InChI=1S/C8H13N3O/c9-7(6-1-2-10-5-6)8-11-3-4-12-8/h3-4,6-7,10H,1-2,5,9H2. The Morgan fingerprint density at radius 1 is 1.75 bits per heavy atom. The first-order valence-electron chi connectivity index (χ1n) is 4.23. The summed E-state index contributed by atoms with van der Waals surface area (Å²) in [6.07, 6.45) is 4.32. The van der Waals surface area contributed by atoms with Crippen LogP contribution in [-0.2, 0) is 0 Å². The molecule has 0 saturated carbocycles. The minimum absolute atomic E-state index is 0.0463. The van der Waals surface area contributed by atoms with E-state index in [1.54, 1.807) is 12.5 Å². The normalized spacial score (nSPS) is 25.9. The maximum absolute atomic E-state index is 5.95. The van der Waals surface area contributed by atoms with E-state index in [1.165, 1.54) is 0 Å². The predicted molar refractivity (Wildman–Crippen MR) is 44.4 cm³/mol. The highest BCUT2D eigenvalue weighted by atomic mass is 16.3. The average molecular weight is 167 g/mol. The van der Waals surface area contributed by atoms with Gasteiger partial charge in [-0.1, -0.05) is 0 Å². The molecule has 12 heavy (non-hydrogen) atoms. The molecule has 1 fully saturated rings. The predicted octanol–water partition coefficient (Wildman–Crippen LogP) is 0.284. The SMILES string of the molecule is NC(c1ncco1)C1CCNC1. The zero-order chi connectivity index (χ0) is 8.39. The lowest BCUT2D eigenvalue weighted by Gasteiger charge is -2.13. The van der Waals surface area contributed by atoms with Crippen molar-refractivity contribution in [3.8, 4) is 0 Å². The number of nitrogens with two attached hydrogens (primary N) is 1. The Kier molecular flexibility index (Phi) is 2.10. The third-order valence-corrected chi connectivity index (χ3v) is 2.34. The largest absolute Gasteiger partial charge is 0.447 e. The van der Waals surface area contributed by atoms with Crippen LogP contribution in [-0.4, -0.2) is 18.1 Å². The van der Waals surface area contributed by atoms with Gasteiger partial charge in [0.05, 0.1) is 12.2 Å². The van der Waals surface area contributed by atoms with Crippen molar-refractivity contribution in [2.24, 2.45) is 11.7 Å². The fourth-order valence-corrected chi connectivity index (χ4v) is 1.58. The second-order valence-electron chi connectivity index (χ2n) is 3.15. The molecular formula is C8H13N3O. The molecule has 4 heteroatoms. The van der Waals surface area contributed by atoms with Gasteiger partial charge in [0.25, 0.3) is 0 Å². The summed E-state index contributed by atoms with van der Waals surface area (Å²) in [5.41, 5.74) is 5.95. The fourth-order valence-electron chi connectivity index (χ4n) is 1.58. The topological polar surface area (TPSA) is 64.1 Å². The van der Waals surface area contributed by atoms with Crippen LogP contribution in [0.5, 0.6) is 0 Å². The van der Waals surface area contributed by atoms with Crippen molar-refractivity contribution in [2.75, 3.05) is 13.1 Å². The van der Waals surface area contributed by atoms with Gasteiger partial charge >= 0.3 is 0 Å². The monoisotopic (exact) mass is 167 g/mol.